The Hall–Kier alpha value is -1.27. The Labute approximate surface area is 112 Å². The lowest BCUT2D eigenvalue weighted by Crippen LogP contribution is -2.27. The largest absolute Gasteiger partial charge is 0.379 e. The van der Waals surface area contributed by atoms with Crippen molar-refractivity contribution in [1.29, 1.82) is 0 Å². The number of halogens is 1. The van der Waals surface area contributed by atoms with Gasteiger partial charge in [-0.2, -0.15) is 0 Å². The van der Waals surface area contributed by atoms with E-state index in [9.17, 15) is 4.39 Å². The second-order valence-corrected chi connectivity index (χ2v) is 4.70. The molecule has 1 aliphatic heterocycles. The van der Waals surface area contributed by atoms with E-state index in [1.807, 2.05) is 13.8 Å². The van der Waals surface area contributed by atoms with Crippen LogP contribution in [-0.2, 0) is 15.9 Å². The summed E-state index contributed by atoms with van der Waals surface area (Å²) in [4.78, 5) is 7.83. The van der Waals surface area contributed by atoms with E-state index in [0.717, 1.165) is 13.0 Å². The first kappa shape index (κ1) is 14.1. The Morgan fingerprint density at radius 1 is 1.58 bits per heavy atom. The highest BCUT2D eigenvalue weighted by Gasteiger charge is 2.18. The molecule has 1 aromatic rings. The topological polar surface area (TPSA) is 56.3 Å². The van der Waals surface area contributed by atoms with Gasteiger partial charge in [-0.05, 0) is 19.8 Å². The number of aromatic nitrogens is 2. The van der Waals surface area contributed by atoms with Crippen molar-refractivity contribution < 1.29 is 13.9 Å². The minimum Gasteiger partial charge on any atom is -0.379 e. The van der Waals surface area contributed by atoms with E-state index in [0.29, 0.717) is 25.3 Å². The summed E-state index contributed by atoms with van der Waals surface area (Å²) in [7, 11) is 0. The Kier molecular flexibility index (Phi) is 5.04. The zero-order valence-corrected chi connectivity index (χ0v) is 11.4. The predicted molar refractivity (Wildman–Crippen MR) is 69.6 cm³/mol. The van der Waals surface area contributed by atoms with Gasteiger partial charge >= 0.3 is 0 Å². The fourth-order valence-electron chi connectivity index (χ4n) is 1.95. The van der Waals surface area contributed by atoms with Gasteiger partial charge < -0.3 is 14.8 Å². The Bertz CT molecular complexity index is 411. The highest BCUT2D eigenvalue weighted by molar-refractivity contribution is 5.38. The average molecular weight is 269 g/mol. The first-order chi connectivity index (χ1) is 9.20. The molecule has 2 atom stereocenters. The quantitative estimate of drug-likeness (QED) is 0.853. The maximum atomic E-state index is 13.9. The van der Waals surface area contributed by atoms with Gasteiger partial charge in [0.15, 0.2) is 11.6 Å². The van der Waals surface area contributed by atoms with Crippen molar-refractivity contribution in [3.63, 3.8) is 0 Å². The van der Waals surface area contributed by atoms with Gasteiger partial charge in [0.2, 0.25) is 0 Å². The number of hydrogen-bond donors (Lipinski definition) is 1. The van der Waals surface area contributed by atoms with Crippen molar-refractivity contribution in [2.45, 2.75) is 38.8 Å². The Balaban J connectivity index is 1.85. The van der Waals surface area contributed by atoms with Crippen LogP contribution >= 0.6 is 0 Å². The molecule has 1 fully saturated rings. The number of anilines is 1. The van der Waals surface area contributed by atoms with Crippen LogP contribution in [0.2, 0.25) is 0 Å². The molecule has 0 aromatic carbocycles. The first-order valence-electron chi connectivity index (χ1n) is 6.66. The first-order valence-corrected chi connectivity index (χ1v) is 6.66. The zero-order chi connectivity index (χ0) is 13.7. The zero-order valence-electron chi connectivity index (χ0n) is 11.4. The molecule has 0 bridgehead atoms. The van der Waals surface area contributed by atoms with Gasteiger partial charge in [0, 0.05) is 12.6 Å². The van der Waals surface area contributed by atoms with Crippen LogP contribution in [0.25, 0.3) is 0 Å². The van der Waals surface area contributed by atoms with E-state index >= 15 is 0 Å². The summed E-state index contributed by atoms with van der Waals surface area (Å²) >= 11 is 0. The monoisotopic (exact) mass is 269 g/mol. The molecule has 6 heteroatoms. The van der Waals surface area contributed by atoms with Gasteiger partial charge in [0.1, 0.15) is 6.33 Å². The minimum atomic E-state index is -0.374. The molecule has 1 N–H and O–H groups in total. The second kappa shape index (κ2) is 6.77. The van der Waals surface area contributed by atoms with Crippen molar-refractivity contribution in [2.24, 2.45) is 0 Å². The lowest BCUT2D eigenvalue weighted by Gasteiger charge is -2.18. The highest BCUT2D eigenvalue weighted by Crippen LogP contribution is 2.15. The lowest BCUT2D eigenvalue weighted by atomic mass is 10.3. The summed E-state index contributed by atoms with van der Waals surface area (Å²) in [6.45, 7) is 5.70. The SMILES string of the molecule is CCc1ncnc(N[C@@H](C)CO[C@H]2CCOC2)c1F. The molecule has 0 amide bonds. The van der Waals surface area contributed by atoms with Gasteiger partial charge in [-0.15, -0.1) is 0 Å². The van der Waals surface area contributed by atoms with Gasteiger partial charge in [-0.25, -0.2) is 14.4 Å². The van der Waals surface area contributed by atoms with Gasteiger partial charge in [0.05, 0.1) is 25.0 Å². The molecule has 1 aromatic heterocycles. The molecule has 0 aliphatic carbocycles. The molecule has 0 radical (unpaired) electrons. The molecule has 0 spiro atoms. The molecular formula is C13H20FN3O2. The minimum absolute atomic E-state index is 0.0188. The number of ether oxygens (including phenoxy) is 2. The van der Waals surface area contributed by atoms with E-state index in [4.69, 9.17) is 9.47 Å². The molecule has 0 unspecified atom stereocenters. The number of nitrogens with one attached hydrogen (secondary N) is 1. The van der Waals surface area contributed by atoms with E-state index in [1.165, 1.54) is 6.33 Å². The molecule has 2 rings (SSSR count). The summed E-state index contributed by atoms with van der Waals surface area (Å²) in [5, 5.41) is 3.02. The molecule has 106 valence electrons. The van der Waals surface area contributed by atoms with Crippen LogP contribution in [0.1, 0.15) is 26.0 Å². The maximum absolute atomic E-state index is 13.9. The normalized spacial score (nSPS) is 20.5. The Morgan fingerprint density at radius 2 is 2.42 bits per heavy atom. The predicted octanol–water partition coefficient (Wildman–Crippen LogP) is 1.78. The number of aryl methyl sites for hydroxylation is 1. The number of nitrogens with zero attached hydrogens (tertiary/aromatic N) is 2. The summed E-state index contributed by atoms with van der Waals surface area (Å²) in [5.74, 6) is -0.133. The molecule has 1 aliphatic rings. The van der Waals surface area contributed by atoms with Crippen LogP contribution in [0.3, 0.4) is 0 Å². The number of rotatable bonds is 6. The molecule has 2 heterocycles. The van der Waals surface area contributed by atoms with Crippen LogP contribution in [0.5, 0.6) is 0 Å². The molecule has 19 heavy (non-hydrogen) atoms. The summed E-state index contributed by atoms with van der Waals surface area (Å²) in [5.41, 5.74) is 0.426. The summed E-state index contributed by atoms with van der Waals surface area (Å²) in [6.07, 6.45) is 3.01. The molecule has 5 nitrogen and oxygen atoms in total. The van der Waals surface area contributed by atoms with Gasteiger partial charge in [-0.1, -0.05) is 6.92 Å². The van der Waals surface area contributed by atoms with E-state index < -0.39 is 0 Å². The summed E-state index contributed by atoms with van der Waals surface area (Å²) in [6, 6.07) is -0.0188. The third-order valence-electron chi connectivity index (χ3n) is 3.05. The van der Waals surface area contributed by atoms with Crippen molar-refractivity contribution in [1.82, 2.24) is 9.97 Å². The maximum Gasteiger partial charge on any atom is 0.186 e. The van der Waals surface area contributed by atoms with E-state index in [-0.39, 0.29) is 23.8 Å². The van der Waals surface area contributed by atoms with Crippen LogP contribution in [0, 0.1) is 5.82 Å². The summed E-state index contributed by atoms with van der Waals surface area (Å²) < 4.78 is 24.8. The van der Waals surface area contributed by atoms with Crippen LogP contribution in [-0.4, -0.2) is 41.9 Å². The highest BCUT2D eigenvalue weighted by atomic mass is 19.1. The third-order valence-corrected chi connectivity index (χ3v) is 3.05. The molecular weight excluding hydrogens is 249 g/mol. The number of hydrogen-bond acceptors (Lipinski definition) is 5. The van der Waals surface area contributed by atoms with Crippen LogP contribution in [0.4, 0.5) is 10.2 Å². The van der Waals surface area contributed by atoms with Crippen molar-refractivity contribution in [3.05, 3.63) is 17.8 Å². The van der Waals surface area contributed by atoms with Crippen molar-refractivity contribution in [2.75, 3.05) is 25.1 Å². The fourth-order valence-corrected chi connectivity index (χ4v) is 1.95. The fraction of sp³-hybridized carbons (Fsp3) is 0.692. The molecule has 1 saturated heterocycles. The van der Waals surface area contributed by atoms with Crippen molar-refractivity contribution in [3.8, 4) is 0 Å². The van der Waals surface area contributed by atoms with E-state index in [2.05, 4.69) is 15.3 Å². The van der Waals surface area contributed by atoms with Crippen molar-refractivity contribution >= 4 is 5.82 Å². The third kappa shape index (κ3) is 3.84. The average Bonchev–Trinajstić information content (AvgIpc) is 2.92. The van der Waals surface area contributed by atoms with E-state index in [1.54, 1.807) is 0 Å². The second-order valence-electron chi connectivity index (χ2n) is 4.70. The molecule has 0 saturated carbocycles. The standard InChI is InChI=1S/C13H20FN3O2/c1-3-11-12(14)13(16-8-15-11)17-9(2)6-19-10-4-5-18-7-10/h8-10H,3-7H2,1-2H3,(H,15,16,17)/t9-,10-/m0/s1. The Morgan fingerprint density at radius 3 is 3.11 bits per heavy atom. The van der Waals surface area contributed by atoms with Crippen LogP contribution < -0.4 is 5.32 Å². The smallest absolute Gasteiger partial charge is 0.186 e. The van der Waals surface area contributed by atoms with Crippen LogP contribution in [0.15, 0.2) is 6.33 Å². The lowest BCUT2D eigenvalue weighted by molar-refractivity contribution is 0.0394. The van der Waals surface area contributed by atoms with Gasteiger partial charge in [0.25, 0.3) is 0 Å². The van der Waals surface area contributed by atoms with Gasteiger partial charge in [-0.3, -0.25) is 0 Å².